The second kappa shape index (κ2) is 4.13. The van der Waals surface area contributed by atoms with E-state index >= 15 is 0 Å². The third-order valence-electron chi connectivity index (χ3n) is 1.85. The van der Waals surface area contributed by atoms with Crippen molar-refractivity contribution in [3.05, 3.63) is 11.3 Å². The molecular formula is C9H14N2O3. The summed E-state index contributed by atoms with van der Waals surface area (Å²) in [5.74, 6) is -0.271. The van der Waals surface area contributed by atoms with Gasteiger partial charge in [0.15, 0.2) is 5.69 Å². The molecule has 1 aromatic heterocycles. The number of H-pyrrole nitrogens is 1. The molecule has 14 heavy (non-hydrogen) atoms. The van der Waals surface area contributed by atoms with E-state index in [4.69, 9.17) is 9.84 Å². The third-order valence-corrected chi connectivity index (χ3v) is 1.85. The second-order valence-corrected chi connectivity index (χ2v) is 3.49. The van der Waals surface area contributed by atoms with Gasteiger partial charge in [0, 0.05) is 5.56 Å². The van der Waals surface area contributed by atoms with Crippen LogP contribution in [0.1, 0.15) is 29.9 Å². The molecule has 0 unspecified atom stereocenters. The highest BCUT2D eigenvalue weighted by Gasteiger charge is 2.19. The lowest BCUT2D eigenvalue weighted by atomic mass is 10.0. The molecule has 78 valence electrons. The van der Waals surface area contributed by atoms with E-state index in [1.807, 2.05) is 13.8 Å². The first-order valence-corrected chi connectivity index (χ1v) is 4.40. The van der Waals surface area contributed by atoms with Gasteiger partial charge in [-0.05, 0) is 12.3 Å². The van der Waals surface area contributed by atoms with Crippen molar-refractivity contribution in [2.24, 2.45) is 5.92 Å². The van der Waals surface area contributed by atoms with E-state index in [1.54, 1.807) is 0 Å². The van der Waals surface area contributed by atoms with E-state index in [2.05, 4.69) is 10.2 Å². The maximum absolute atomic E-state index is 10.8. The smallest absolute Gasteiger partial charge is 0.354 e. The summed E-state index contributed by atoms with van der Waals surface area (Å²) in [7, 11) is 1.48. The Bertz CT molecular complexity index is 331. The first-order chi connectivity index (χ1) is 6.56. The first kappa shape index (κ1) is 10.6. The lowest BCUT2D eigenvalue weighted by Gasteiger charge is -2.05. The van der Waals surface area contributed by atoms with Gasteiger partial charge in [0.05, 0.1) is 7.11 Å². The van der Waals surface area contributed by atoms with Crippen LogP contribution in [0.15, 0.2) is 0 Å². The summed E-state index contributed by atoms with van der Waals surface area (Å²) >= 11 is 0. The highest BCUT2D eigenvalue weighted by atomic mass is 16.5. The topological polar surface area (TPSA) is 75.2 Å². The van der Waals surface area contributed by atoms with Crippen molar-refractivity contribution in [1.29, 1.82) is 0 Å². The molecule has 1 heterocycles. The quantitative estimate of drug-likeness (QED) is 0.765. The van der Waals surface area contributed by atoms with Gasteiger partial charge >= 0.3 is 5.97 Å². The van der Waals surface area contributed by atoms with Gasteiger partial charge in [-0.25, -0.2) is 4.79 Å². The van der Waals surface area contributed by atoms with Crippen LogP contribution in [0.5, 0.6) is 5.88 Å². The lowest BCUT2D eigenvalue weighted by molar-refractivity contribution is 0.0689. The molecule has 0 radical (unpaired) electrons. The summed E-state index contributed by atoms with van der Waals surface area (Å²) in [5, 5.41) is 15.1. The van der Waals surface area contributed by atoms with Crippen molar-refractivity contribution in [1.82, 2.24) is 10.2 Å². The van der Waals surface area contributed by atoms with Crippen LogP contribution in [0.4, 0.5) is 0 Å². The molecule has 0 bridgehead atoms. The molecule has 0 aliphatic heterocycles. The number of nitrogens with one attached hydrogen (secondary N) is 1. The number of aromatic amines is 1. The number of hydrogen-bond acceptors (Lipinski definition) is 3. The lowest BCUT2D eigenvalue weighted by Crippen LogP contribution is -2.04. The summed E-state index contributed by atoms with van der Waals surface area (Å²) < 4.78 is 4.97. The SMILES string of the molecule is COc1n[nH]c(C(=O)O)c1CC(C)C. The summed E-state index contributed by atoms with van der Waals surface area (Å²) in [5.41, 5.74) is 0.755. The van der Waals surface area contributed by atoms with Crippen LogP contribution < -0.4 is 4.74 Å². The molecule has 0 aliphatic rings. The Kier molecular flexibility index (Phi) is 3.11. The fourth-order valence-electron chi connectivity index (χ4n) is 1.29. The number of carboxylic acid groups (broad SMARTS) is 1. The summed E-state index contributed by atoms with van der Waals surface area (Å²) in [6.45, 7) is 4.02. The zero-order chi connectivity index (χ0) is 10.7. The van der Waals surface area contributed by atoms with Crippen molar-refractivity contribution >= 4 is 5.97 Å². The largest absolute Gasteiger partial charge is 0.480 e. The number of nitrogens with zero attached hydrogens (tertiary/aromatic N) is 1. The molecule has 0 atom stereocenters. The number of hydrogen-bond donors (Lipinski definition) is 2. The molecule has 2 N–H and O–H groups in total. The third kappa shape index (κ3) is 2.04. The van der Waals surface area contributed by atoms with Gasteiger partial charge in [0.2, 0.25) is 5.88 Å². The molecule has 0 saturated heterocycles. The highest BCUT2D eigenvalue weighted by Crippen LogP contribution is 2.22. The number of ether oxygens (including phenoxy) is 1. The number of carboxylic acids is 1. The summed E-state index contributed by atoms with van der Waals surface area (Å²) in [4.78, 5) is 10.8. The molecule has 0 amide bonds. The van der Waals surface area contributed by atoms with E-state index < -0.39 is 5.97 Å². The molecule has 1 aromatic rings. The minimum atomic E-state index is -1.00. The van der Waals surface area contributed by atoms with Gasteiger partial charge in [-0.3, -0.25) is 5.10 Å². The highest BCUT2D eigenvalue weighted by molar-refractivity contribution is 5.87. The normalized spacial score (nSPS) is 10.6. The number of aromatic carboxylic acids is 1. The Morgan fingerprint density at radius 2 is 2.29 bits per heavy atom. The maximum Gasteiger partial charge on any atom is 0.354 e. The zero-order valence-electron chi connectivity index (χ0n) is 8.50. The Morgan fingerprint density at radius 1 is 1.64 bits per heavy atom. The van der Waals surface area contributed by atoms with Gasteiger partial charge in [0.1, 0.15) is 0 Å². The predicted molar refractivity (Wildman–Crippen MR) is 50.6 cm³/mol. The Labute approximate surface area is 82.1 Å². The van der Waals surface area contributed by atoms with E-state index in [9.17, 15) is 4.79 Å². The average molecular weight is 198 g/mol. The molecule has 5 nitrogen and oxygen atoms in total. The van der Waals surface area contributed by atoms with Gasteiger partial charge in [-0.2, -0.15) is 0 Å². The van der Waals surface area contributed by atoms with Crippen LogP contribution in [0.2, 0.25) is 0 Å². The monoisotopic (exact) mass is 198 g/mol. The number of rotatable bonds is 4. The number of carbonyl (C=O) groups is 1. The van der Waals surface area contributed by atoms with Gasteiger partial charge in [0.25, 0.3) is 0 Å². The molecule has 0 saturated carbocycles. The molecule has 0 spiro atoms. The van der Waals surface area contributed by atoms with Crippen LogP contribution >= 0.6 is 0 Å². The van der Waals surface area contributed by atoms with Gasteiger partial charge in [-0.1, -0.05) is 13.8 Å². The zero-order valence-corrected chi connectivity index (χ0v) is 8.50. The molecular weight excluding hydrogens is 184 g/mol. The second-order valence-electron chi connectivity index (χ2n) is 3.49. The van der Waals surface area contributed by atoms with Crippen LogP contribution in [-0.2, 0) is 6.42 Å². The van der Waals surface area contributed by atoms with Crippen LogP contribution in [0, 0.1) is 5.92 Å². The van der Waals surface area contributed by atoms with Crippen LogP contribution in [-0.4, -0.2) is 28.4 Å². The standard InChI is InChI=1S/C9H14N2O3/c1-5(2)4-6-7(9(12)13)10-11-8(6)14-3/h5H,4H2,1-3H3,(H,10,11)(H,12,13). The summed E-state index contributed by atoms with van der Waals surface area (Å²) in [6.07, 6.45) is 0.640. The summed E-state index contributed by atoms with van der Waals surface area (Å²) in [6, 6.07) is 0. The molecule has 1 rings (SSSR count). The van der Waals surface area contributed by atoms with Crippen LogP contribution in [0.25, 0.3) is 0 Å². The fraction of sp³-hybridized carbons (Fsp3) is 0.556. The molecule has 0 aliphatic carbocycles. The van der Waals surface area contributed by atoms with Crippen LogP contribution in [0.3, 0.4) is 0 Å². The van der Waals surface area contributed by atoms with Gasteiger partial charge < -0.3 is 9.84 Å². The minimum Gasteiger partial charge on any atom is -0.480 e. The average Bonchev–Trinajstić information content (AvgIpc) is 2.46. The van der Waals surface area contributed by atoms with Crippen molar-refractivity contribution in [3.63, 3.8) is 0 Å². The van der Waals surface area contributed by atoms with E-state index in [0.717, 1.165) is 0 Å². The first-order valence-electron chi connectivity index (χ1n) is 4.40. The Balaban J connectivity index is 3.06. The number of aromatic nitrogens is 2. The fourth-order valence-corrected chi connectivity index (χ4v) is 1.29. The van der Waals surface area contributed by atoms with Crippen molar-refractivity contribution in [2.75, 3.05) is 7.11 Å². The maximum atomic E-state index is 10.8. The van der Waals surface area contributed by atoms with E-state index in [-0.39, 0.29) is 5.69 Å². The van der Waals surface area contributed by atoms with E-state index in [0.29, 0.717) is 23.8 Å². The van der Waals surface area contributed by atoms with Crippen molar-refractivity contribution < 1.29 is 14.6 Å². The van der Waals surface area contributed by atoms with E-state index in [1.165, 1.54) is 7.11 Å². The Morgan fingerprint density at radius 3 is 2.71 bits per heavy atom. The number of methoxy groups -OCH3 is 1. The molecule has 5 heteroatoms. The van der Waals surface area contributed by atoms with Gasteiger partial charge in [-0.15, -0.1) is 5.10 Å². The van der Waals surface area contributed by atoms with Crippen molar-refractivity contribution in [3.8, 4) is 5.88 Å². The minimum absolute atomic E-state index is 0.121. The van der Waals surface area contributed by atoms with Crippen molar-refractivity contribution in [2.45, 2.75) is 20.3 Å². The molecule has 0 aromatic carbocycles. The Hall–Kier alpha value is -1.52. The predicted octanol–water partition coefficient (Wildman–Crippen LogP) is 1.31. The molecule has 0 fully saturated rings.